The van der Waals surface area contributed by atoms with E-state index in [4.69, 9.17) is 42.4 Å². The number of hydrogen-bond acceptors (Lipinski definition) is 10. The Labute approximate surface area is 190 Å². The fourth-order valence-corrected chi connectivity index (χ4v) is 2.60. The van der Waals surface area contributed by atoms with Crippen LogP contribution in [0, 0.1) is 20.5 Å². The van der Waals surface area contributed by atoms with Crippen molar-refractivity contribution in [1.82, 2.24) is 15.3 Å². The van der Waals surface area contributed by atoms with Crippen molar-refractivity contribution in [3.05, 3.63) is 60.2 Å². The minimum atomic E-state index is -4.94. The van der Waals surface area contributed by atoms with E-state index in [2.05, 4.69) is 49.5 Å². The minimum absolute atomic E-state index is 0.762. The van der Waals surface area contributed by atoms with Crippen molar-refractivity contribution in [3.63, 3.8) is 0 Å². The van der Waals surface area contributed by atoms with Crippen molar-refractivity contribution in [2.24, 2.45) is 0 Å². The first-order chi connectivity index (χ1) is 15.4. The van der Waals surface area contributed by atoms with Crippen LogP contribution in [-0.2, 0) is 13.1 Å². The van der Waals surface area contributed by atoms with Crippen molar-refractivity contribution < 1.29 is 72.8 Å². The second-order valence-electron chi connectivity index (χ2n) is 5.91. The Kier molecular flexibility index (Phi) is 11.5. The standard InChI is InChI=1S/C16H15N5.CH4O.2ClHO4/c1-2-6-12-11(5-1)18-15(19-12)9-17-10-16-20-13-7-3-4-8-14(13)21-16;1-2;2*2-1(3,4)5/h1-8,17H,9-10H2,(H,18,19)(H,20,21);2H,1H3;2*(H,2,3,4,5). The van der Waals surface area contributed by atoms with Crippen LogP contribution in [0.25, 0.3) is 22.1 Å². The van der Waals surface area contributed by atoms with Crippen LogP contribution in [0.5, 0.6) is 0 Å². The summed E-state index contributed by atoms with van der Waals surface area (Å²) in [6, 6.07) is 16.4. The number of H-pyrrole nitrogens is 4. The molecule has 0 bridgehead atoms. The second kappa shape index (κ2) is 13.3. The third-order valence-electron chi connectivity index (χ3n) is 3.60. The molecule has 2 heterocycles. The molecule has 0 unspecified atom stereocenters. The number of aliphatic hydroxyl groups is 1. The van der Waals surface area contributed by atoms with Crippen molar-refractivity contribution >= 4 is 22.1 Å². The highest BCUT2D eigenvalue weighted by molar-refractivity contribution is 5.71. The molecule has 0 radical (unpaired) electrons. The molecule has 4 rings (SSSR count). The third kappa shape index (κ3) is 13.0. The van der Waals surface area contributed by atoms with Gasteiger partial charge in [0, 0.05) is 7.11 Å². The van der Waals surface area contributed by atoms with Crippen LogP contribution in [0.4, 0.5) is 0 Å². The Hall–Kier alpha value is -2.44. The zero-order chi connectivity index (χ0) is 25.1. The van der Waals surface area contributed by atoms with Crippen molar-refractivity contribution in [3.8, 4) is 0 Å². The van der Waals surface area contributed by atoms with Gasteiger partial charge >= 0.3 is 0 Å². The molecule has 0 atom stereocenters. The van der Waals surface area contributed by atoms with E-state index in [1.165, 1.54) is 0 Å². The quantitative estimate of drug-likeness (QED) is 0.201. The van der Waals surface area contributed by atoms with Crippen molar-refractivity contribution in [2.45, 2.75) is 13.1 Å². The summed E-state index contributed by atoms with van der Waals surface area (Å²) >= 11 is 0. The maximum Gasteiger partial charge on any atom is 0.267 e. The van der Waals surface area contributed by atoms with Gasteiger partial charge in [-0.1, -0.05) is 24.3 Å². The van der Waals surface area contributed by atoms with Crippen LogP contribution in [0.2, 0.25) is 0 Å². The normalized spacial score (nSPS) is 11.1. The average Bonchev–Trinajstić information content (AvgIpc) is 3.30. The van der Waals surface area contributed by atoms with Gasteiger partial charge in [0.1, 0.15) is 0 Å². The lowest BCUT2D eigenvalue weighted by Gasteiger charge is -2.17. The Bertz CT molecular complexity index is 932. The zero-order valence-electron chi connectivity index (χ0n) is 17.0. The highest BCUT2D eigenvalue weighted by atomic mass is 35.7. The molecule has 0 amide bonds. The molecule has 182 valence electrons. The fourth-order valence-electron chi connectivity index (χ4n) is 2.60. The molecule has 16 heteroatoms. The molecular formula is C17H21Cl2N5O9. The molecule has 0 aliphatic rings. The summed E-state index contributed by atoms with van der Waals surface area (Å²) in [5.74, 6) is 2.15. The first kappa shape index (κ1) is 28.6. The second-order valence-corrected chi connectivity index (χ2v) is 7.42. The van der Waals surface area contributed by atoms with Crippen LogP contribution < -0.4 is 52.6 Å². The SMILES string of the molecule is CO.[O-][Cl+3]([O-])([O-])[O-].[O-][Cl+3]([O-])([O-])[O-].c1ccc2[nH+]c(CNCc3[nH]c4ccccc4[nH+]3)[nH]c2c1. The molecule has 4 aromatic rings. The van der Waals surface area contributed by atoms with Crippen LogP contribution in [0.1, 0.15) is 11.6 Å². The number of rotatable bonds is 4. The number of aromatic amines is 4. The number of halogens is 2. The molecule has 0 aliphatic heterocycles. The monoisotopic (exact) mass is 509 g/mol. The molecule has 0 saturated carbocycles. The van der Waals surface area contributed by atoms with Gasteiger partial charge in [-0.25, -0.2) is 57.2 Å². The van der Waals surface area contributed by atoms with E-state index >= 15 is 0 Å². The lowest BCUT2D eigenvalue weighted by atomic mass is 10.3. The van der Waals surface area contributed by atoms with Crippen LogP contribution in [0.3, 0.4) is 0 Å². The van der Waals surface area contributed by atoms with Gasteiger partial charge in [0.05, 0.1) is 13.1 Å². The maximum atomic E-state index is 8.49. The van der Waals surface area contributed by atoms with Crippen LogP contribution in [0.15, 0.2) is 48.5 Å². The van der Waals surface area contributed by atoms with Gasteiger partial charge in [-0.15, -0.1) is 20.5 Å². The summed E-state index contributed by atoms with van der Waals surface area (Å²) < 4.78 is 67.9. The third-order valence-corrected chi connectivity index (χ3v) is 3.60. The highest BCUT2D eigenvalue weighted by Crippen LogP contribution is 2.07. The van der Waals surface area contributed by atoms with E-state index in [0.29, 0.717) is 0 Å². The lowest BCUT2D eigenvalue weighted by molar-refractivity contribution is -2.00. The van der Waals surface area contributed by atoms with Gasteiger partial charge in [-0.05, 0) is 24.3 Å². The molecule has 0 aliphatic carbocycles. The van der Waals surface area contributed by atoms with Gasteiger partial charge in [-0.2, -0.15) is 0 Å². The van der Waals surface area contributed by atoms with E-state index in [1.54, 1.807) is 0 Å². The molecule has 14 nitrogen and oxygen atoms in total. The first-order valence-corrected chi connectivity index (χ1v) is 11.2. The van der Waals surface area contributed by atoms with Gasteiger partial charge in [0.25, 0.3) is 11.6 Å². The zero-order valence-corrected chi connectivity index (χ0v) is 18.5. The molecule has 2 aromatic heterocycles. The Morgan fingerprint density at radius 3 is 1.27 bits per heavy atom. The first-order valence-electron chi connectivity index (χ1n) is 8.75. The number of hydrogen-bond donors (Lipinski definition) is 4. The number of benzene rings is 2. The predicted molar refractivity (Wildman–Crippen MR) is 88.4 cm³/mol. The van der Waals surface area contributed by atoms with E-state index < -0.39 is 20.5 Å². The average molecular weight is 510 g/mol. The number of nitrogens with one attached hydrogen (secondary N) is 5. The summed E-state index contributed by atoms with van der Waals surface area (Å²) in [4.78, 5) is 13.5. The van der Waals surface area contributed by atoms with E-state index in [9.17, 15) is 0 Å². The highest BCUT2D eigenvalue weighted by Gasteiger charge is 2.11. The van der Waals surface area contributed by atoms with Gasteiger partial charge in [0.15, 0.2) is 22.1 Å². The summed E-state index contributed by atoms with van der Waals surface area (Å²) in [6.45, 7) is 1.52. The summed E-state index contributed by atoms with van der Waals surface area (Å²) in [5.41, 5.74) is 4.52. The molecule has 6 N–H and O–H groups in total. The van der Waals surface area contributed by atoms with Crippen LogP contribution >= 0.6 is 0 Å². The summed E-state index contributed by atoms with van der Waals surface area (Å²) in [7, 11) is -8.89. The summed E-state index contributed by atoms with van der Waals surface area (Å²) in [6.07, 6.45) is 0. The molecular weight excluding hydrogens is 489 g/mol. The number of aromatic nitrogens is 4. The maximum absolute atomic E-state index is 8.49. The fraction of sp³-hybridized carbons (Fsp3) is 0.176. The topological polar surface area (TPSA) is 277 Å². The predicted octanol–water partition coefficient (Wildman–Crippen LogP) is -8.34. The largest absolute Gasteiger partial charge is 0.400 e. The lowest BCUT2D eigenvalue weighted by Crippen LogP contribution is -2.68. The van der Waals surface area contributed by atoms with E-state index in [-0.39, 0.29) is 0 Å². The minimum Gasteiger partial charge on any atom is -0.400 e. The Balaban J connectivity index is 0.000000382. The molecule has 0 spiro atoms. The number of para-hydroxylation sites is 4. The number of imidazole rings is 2. The van der Waals surface area contributed by atoms with E-state index in [1.807, 2.05) is 24.3 Å². The molecule has 0 saturated heterocycles. The number of fused-ring (bicyclic) bond motifs is 2. The number of aliphatic hydroxyl groups excluding tert-OH is 1. The van der Waals surface area contributed by atoms with E-state index in [0.717, 1.165) is 53.9 Å². The smallest absolute Gasteiger partial charge is 0.267 e. The van der Waals surface area contributed by atoms with Gasteiger partial charge in [-0.3, -0.25) is 5.32 Å². The van der Waals surface area contributed by atoms with Crippen LogP contribution in [-0.4, -0.2) is 22.2 Å². The van der Waals surface area contributed by atoms with Crippen molar-refractivity contribution in [1.29, 1.82) is 0 Å². The molecule has 33 heavy (non-hydrogen) atoms. The van der Waals surface area contributed by atoms with Crippen molar-refractivity contribution in [2.75, 3.05) is 7.11 Å². The van der Waals surface area contributed by atoms with Gasteiger partial charge < -0.3 is 5.11 Å². The summed E-state index contributed by atoms with van der Waals surface area (Å²) in [5, 5.41) is 10.4. The Morgan fingerprint density at radius 2 is 0.970 bits per heavy atom. The Morgan fingerprint density at radius 1 is 0.667 bits per heavy atom. The molecule has 2 aromatic carbocycles. The molecule has 0 fully saturated rings. The van der Waals surface area contributed by atoms with Gasteiger partial charge in [0.2, 0.25) is 0 Å².